The SMILES string of the molecule is CC1CCCN(c2ccc([C@@H](C)N)nc2)C1. The molecule has 1 aliphatic heterocycles. The minimum atomic E-state index is 0.0225. The van der Waals surface area contributed by atoms with Crippen LogP contribution in [0.3, 0.4) is 0 Å². The molecular formula is C13H21N3. The molecule has 0 bridgehead atoms. The normalized spacial score (nSPS) is 23.2. The summed E-state index contributed by atoms with van der Waals surface area (Å²) in [4.78, 5) is 6.83. The van der Waals surface area contributed by atoms with Crippen molar-refractivity contribution in [1.82, 2.24) is 4.98 Å². The van der Waals surface area contributed by atoms with Gasteiger partial charge in [0.05, 0.1) is 17.6 Å². The van der Waals surface area contributed by atoms with Crippen LogP contribution in [-0.4, -0.2) is 18.1 Å². The topological polar surface area (TPSA) is 42.1 Å². The van der Waals surface area contributed by atoms with Crippen LogP contribution in [0.4, 0.5) is 5.69 Å². The van der Waals surface area contributed by atoms with E-state index in [4.69, 9.17) is 5.73 Å². The average molecular weight is 219 g/mol. The maximum absolute atomic E-state index is 5.79. The molecule has 0 amide bonds. The summed E-state index contributed by atoms with van der Waals surface area (Å²) in [6, 6.07) is 4.21. The van der Waals surface area contributed by atoms with Gasteiger partial charge in [0.1, 0.15) is 0 Å². The van der Waals surface area contributed by atoms with Gasteiger partial charge >= 0.3 is 0 Å². The number of piperidine rings is 1. The zero-order chi connectivity index (χ0) is 11.5. The lowest BCUT2D eigenvalue weighted by Gasteiger charge is -2.32. The first-order valence-corrected chi connectivity index (χ1v) is 6.13. The van der Waals surface area contributed by atoms with Crippen LogP contribution in [0.25, 0.3) is 0 Å². The molecule has 0 spiro atoms. The molecular weight excluding hydrogens is 198 g/mol. The fraction of sp³-hybridized carbons (Fsp3) is 0.615. The number of hydrogen-bond acceptors (Lipinski definition) is 3. The van der Waals surface area contributed by atoms with E-state index in [1.165, 1.54) is 18.5 Å². The summed E-state index contributed by atoms with van der Waals surface area (Å²) in [6.07, 6.45) is 4.59. The summed E-state index contributed by atoms with van der Waals surface area (Å²) in [6.45, 7) is 6.59. The molecule has 2 N–H and O–H groups in total. The summed E-state index contributed by atoms with van der Waals surface area (Å²) >= 11 is 0. The fourth-order valence-electron chi connectivity index (χ4n) is 2.28. The predicted octanol–water partition coefficient (Wildman–Crippen LogP) is 2.34. The van der Waals surface area contributed by atoms with Crippen LogP contribution < -0.4 is 10.6 Å². The Morgan fingerprint density at radius 2 is 2.31 bits per heavy atom. The van der Waals surface area contributed by atoms with E-state index >= 15 is 0 Å². The van der Waals surface area contributed by atoms with Gasteiger partial charge in [-0.25, -0.2) is 0 Å². The minimum Gasteiger partial charge on any atom is -0.370 e. The van der Waals surface area contributed by atoms with Crippen molar-refractivity contribution in [2.45, 2.75) is 32.7 Å². The monoisotopic (exact) mass is 219 g/mol. The molecule has 1 unspecified atom stereocenters. The second-order valence-corrected chi connectivity index (χ2v) is 4.92. The quantitative estimate of drug-likeness (QED) is 0.830. The van der Waals surface area contributed by atoms with Gasteiger partial charge in [-0.05, 0) is 37.8 Å². The van der Waals surface area contributed by atoms with E-state index in [0.717, 1.165) is 24.7 Å². The Morgan fingerprint density at radius 3 is 2.88 bits per heavy atom. The van der Waals surface area contributed by atoms with E-state index in [-0.39, 0.29) is 6.04 Å². The second kappa shape index (κ2) is 4.83. The van der Waals surface area contributed by atoms with Gasteiger partial charge in [0.2, 0.25) is 0 Å². The Labute approximate surface area is 97.7 Å². The Morgan fingerprint density at radius 1 is 1.50 bits per heavy atom. The number of nitrogens with two attached hydrogens (primary N) is 1. The van der Waals surface area contributed by atoms with Crippen molar-refractivity contribution in [1.29, 1.82) is 0 Å². The summed E-state index contributed by atoms with van der Waals surface area (Å²) in [5.74, 6) is 0.793. The molecule has 16 heavy (non-hydrogen) atoms. The lowest BCUT2D eigenvalue weighted by molar-refractivity contribution is 0.446. The molecule has 0 radical (unpaired) electrons. The highest BCUT2D eigenvalue weighted by Gasteiger charge is 2.16. The number of pyridine rings is 1. The van der Waals surface area contributed by atoms with Crippen molar-refractivity contribution >= 4 is 5.69 Å². The zero-order valence-corrected chi connectivity index (χ0v) is 10.2. The van der Waals surface area contributed by atoms with Crippen LogP contribution in [0, 0.1) is 5.92 Å². The van der Waals surface area contributed by atoms with Crippen LogP contribution >= 0.6 is 0 Å². The van der Waals surface area contributed by atoms with Crippen molar-refractivity contribution in [2.24, 2.45) is 11.7 Å². The highest BCUT2D eigenvalue weighted by Crippen LogP contribution is 2.22. The molecule has 3 heteroatoms. The standard InChI is InChI=1S/C13H21N3/c1-10-4-3-7-16(9-10)12-5-6-13(11(2)14)15-8-12/h5-6,8,10-11H,3-4,7,9,14H2,1-2H3/t10?,11-/m1/s1. The number of hydrogen-bond donors (Lipinski definition) is 1. The molecule has 2 heterocycles. The molecule has 1 aromatic rings. The third kappa shape index (κ3) is 2.53. The summed E-state index contributed by atoms with van der Waals surface area (Å²) in [5.41, 5.74) is 7.99. The highest BCUT2D eigenvalue weighted by molar-refractivity contribution is 5.45. The van der Waals surface area contributed by atoms with Crippen molar-refractivity contribution in [3.8, 4) is 0 Å². The van der Waals surface area contributed by atoms with E-state index in [2.05, 4.69) is 22.9 Å². The maximum atomic E-state index is 5.79. The smallest absolute Gasteiger partial charge is 0.0569 e. The van der Waals surface area contributed by atoms with E-state index in [9.17, 15) is 0 Å². The number of anilines is 1. The molecule has 3 nitrogen and oxygen atoms in total. The first-order chi connectivity index (χ1) is 7.66. The molecule has 0 aliphatic carbocycles. The largest absolute Gasteiger partial charge is 0.370 e. The van der Waals surface area contributed by atoms with E-state index in [1.54, 1.807) is 0 Å². The number of nitrogens with zero attached hydrogens (tertiary/aromatic N) is 2. The van der Waals surface area contributed by atoms with Crippen LogP contribution in [0.15, 0.2) is 18.3 Å². The van der Waals surface area contributed by atoms with Gasteiger partial charge in [0, 0.05) is 19.1 Å². The van der Waals surface area contributed by atoms with Crippen molar-refractivity contribution in [2.75, 3.05) is 18.0 Å². The lowest BCUT2D eigenvalue weighted by Crippen LogP contribution is -2.34. The Balaban J connectivity index is 2.09. The molecule has 0 saturated carbocycles. The highest BCUT2D eigenvalue weighted by atomic mass is 15.1. The molecule has 1 aromatic heterocycles. The summed E-state index contributed by atoms with van der Waals surface area (Å²) in [7, 11) is 0. The molecule has 2 atom stereocenters. The zero-order valence-electron chi connectivity index (χ0n) is 10.2. The maximum Gasteiger partial charge on any atom is 0.0569 e. The average Bonchev–Trinajstić information content (AvgIpc) is 2.29. The molecule has 2 rings (SSSR count). The molecule has 1 saturated heterocycles. The Kier molecular flexibility index (Phi) is 3.44. The van der Waals surface area contributed by atoms with E-state index < -0.39 is 0 Å². The van der Waals surface area contributed by atoms with Gasteiger partial charge < -0.3 is 10.6 Å². The van der Waals surface area contributed by atoms with E-state index in [0.29, 0.717) is 0 Å². The minimum absolute atomic E-state index is 0.0225. The van der Waals surface area contributed by atoms with Crippen molar-refractivity contribution in [3.05, 3.63) is 24.0 Å². The summed E-state index contributed by atoms with van der Waals surface area (Å²) < 4.78 is 0. The molecule has 1 aliphatic rings. The first-order valence-electron chi connectivity index (χ1n) is 6.13. The fourth-order valence-corrected chi connectivity index (χ4v) is 2.28. The Hall–Kier alpha value is -1.09. The van der Waals surface area contributed by atoms with Crippen LogP contribution in [0.5, 0.6) is 0 Å². The van der Waals surface area contributed by atoms with Gasteiger partial charge in [-0.3, -0.25) is 4.98 Å². The van der Waals surface area contributed by atoms with Crippen molar-refractivity contribution < 1.29 is 0 Å². The number of aromatic nitrogens is 1. The van der Waals surface area contributed by atoms with Gasteiger partial charge in [0.25, 0.3) is 0 Å². The van der Waals surface area contributed by atoms with Gasteiger partial charge in [-0.1, -0.05) is 6.92 Å². The van der Waals surface area contributed by atoms with Crippen molar-refractivity contribution in [3.63, 3.8) is 0 Å². The summed E-state index contributed by atoms with van der Waals surface area (Å²) in [5, 5.41) is 0. The van der Waals surface area contributed by atoms with Crippen LogP contribution in [0.1, 0.15) is 38.4 Å². The first kappa shape index (κ1) is 11.4. The van der Waals surface area contributed by atoms with E-state index in [1.807, 2.05) is 19.2 Å². The van der Waals surface area contributed by atoms with Crippen LogP contribution in [0.2, 0.25) is 0 Å². The predicted molar refractivity (Wildman–Crippen MR) is 67.5 cm³/mol. The van der Waals surface area contributed by atoms with Crippen LogP contribution in [-0.2, 0) is 0 Å². The number of rotatable bonds is 2. The third-order valence-corrected chi connectivity index (χ3v) is 3.26. The lowest BCUT2D eigenvalue weighted by atomic mass is 10.00. The third-order valence-electron chi connectivity index (χ3n) is 3.26. The van der Waals surface area contributed by atoms with Gasteiger partial charge in [-0.15, -0.1) is 0 Å². The van der Waals surface area contributed by atoms with Gasteiger partial charge in [0.15, 0.2) is 0 Å². The van der Waals surface area contributed by atoms with Gasteiger partial charge in [-0.2, -0.15) is 0 Å². The molecule has 0 aromatic carbocycles. The molecule has 1 fully saturated rings. The molecule has 88 valence electrons. The second-order valence-electron chi connectivity index (χ2n) is 4.92. The Bertz CT molecular complexity index is 332.